The molecule has 1 aromatic carbocycles. The predicted octanol–water partition coefficient (Wildman–Crippen LogP) is 2.50. The third-order valence-electron chi connectivity index (χ3n) is 4.62. The highest BCUT2D eigenvalue weighted by atomic mass is 19.1. The molecule has 0 bridgehead atoms. The van der Waals surface area contributed by atoms with Gasteiger partial charge in [0.1, 0.15) is 11.5 Å². The van der Waals surface area contributed by atoms with Crippen LogP contribution in [-0.4, -0.2) is 44.8 Å². The van der Waals surface area contributed by atoms with Crippen LogP contribution in [0.2, 0.25) is 0 Å². The largest absolute Gasteiger partial charge is 0.481 e. The highest BCUT2D eigenvalue weighted by molar-refractivity contribution is 5.95. The lowest BCUT2D eigenvalue weighted by atomic mass is 9.90. The van der Waals surface area contributed by atoms with Gasteiger partial charge in [0.15, 0.2) is 0 Å². The Balaban J connectivity index is 1.89. The van der Waals surface area contributed by atoms with Crippen molar-refractivity contribution < 1.29 is 19.1 Å². The van der Waals surface area contributed by atoms with Gasteiger partial charge in [-0.3, -0.25) is 9.59 Å². The molecule has 7 heteroatoms. The average molecular weight is 345 g/mol. The van der Waals surface area contributed by atoms with Gasteiger partial charge >= 0.3 is 5.97 Å². The molecule has 1 aliphatic heterocycles. The lowest BCUT2D eigenvalue weighted by Gasteiger charge is -2.34. The summed E-state index contributed by atoms with van der Waals surface area (Å²) in [6, 6.07) is 6.21. The number of likely N-dealkylation sites (tertiary alicyclic amines) is 1. The highest BCUT2D eigenvalue weighted by Crippen LogP contribution is 2.25. The molecule has 2 unspecified atom stereocenters. The van der Waals surface area contributed by atoms with E-state index in [1.165, 1.54) is 16.9 Å². The number of rotatable bonds is 3. The first-order valence-electron chi connectivity index (χ1n) is 8.20. The van der Waals surface area contributed by atoms with E-state index in [0.29, 0.717) is 24.2 Å². The molecule has 25 heavy (non-hydrogen) atoms. The Morgan fingerprint density at radius 3 is 2.68 bits per heavy atom. The molecule has 2 atom stereocenters. The third kappa shape index (κ3) is 3.26. The van der Waals surface area contributed by atoms with Crippen molar-refractivity contribution in [3.8, 4) is 5.69 Å². The van der Waals surface area contributed by atoms with E-state index in [4.69, 9.17) is 0 Å². The summed E-state index contributed by atoms with van der Waals surface area (Å²) >= 11 is 0. The molecule has 0 saturated carbocycles. The molecule has 1 fully saturated rings. The van der Waals surface area contributed by atoms with Gasteiger partial charge in [0.2, 0.25) is 0 Å². The van der Waals surface area contributed by atoms with Crippen LogP contribution < -0.4 is 0 Å². The fourth-order valence-corrected chi connectivity index (χ4v) is 3.35. The summed E-state index contributed by atoms with van der Waals surface area (Å²) in [6.07, 6.45) is 1.98. The van der Waals surface area contributed by atoms with Crippen molar-refractivity contribution in [2.75, 3.05) is 13.1 Å². The third-order valence-corrected chi connectivity index (χ3v) is 4.62. The highest BCUT2D eigenvalue weighted by Gasteiger charge is 2.33. The Hall–Kier alpha value is -2.70. The number of halogens is 1. The lowest BCUT2D eigenvalue weighted by molar-refractivity contribution is -0.143. The molecule has 2 heterocycles. The van der Waals surface area contributed by atoms with Gasteiger partial charge in [0, 0.05) is 13.1 Å². The summed E-state index contributed by atoms with van der Waals surface area (Å²) < 4.78 is 15.4. The number of nitrogens with zero attached hydrogens (tertiary/aromatic N) is 3. The number of hydrogen-bond donors (Lipinski definition) is 1. The van der Waals surface area contributed by atoms with Crippen LogP contribution in [0.3, 0.4) is 0 Å². The molecule has 6 nitrogen and oxygen atoms in total. The van der Waals surface area contributed by atoms with E-state index in [1.807, 2.05) is 6.92 Å². The molecular formula is C18H20FN3O3. The molecule has 0 spiro atoms. The zero-order valence-corrected chi connectivity index (χ0v) is 14.1. The Morgan fingerprint density at radius 1 is 1.28 bits per heavy atom. The fraction of sp³-hybridized carbons (Fsp3) is 0.389. The Morgan fingerprint density at radius 2 is 2.00 bits per heavy atom. The second kappa shape index (κ2) is 6.66. The van der Waals surface area contributed by atoms with E-state index in [-0.39, 0.29) is 24.1 Å². The second-order valence-electron chi connectivity index (χ2n) is 6.59. The molecule has 0 radical (unpaired) electrons. The summed E-state index contributed by atoms with van der Waals surface area (Å²) in [5.41, 5.74) is 1.16. The number of benzene rings is 1. The number of carbonyl (C=O) groups excluding carboxylic acids is 1. The van der Waals surface area contributed by atoms with Crippen LogP contribution in [0.15, 0.2) is 30.5 Å². The van der Waals surface area contributed by atoms with Gasteiger partial charge in [-0.15, -0.1) is 0 Å². The van der Waals surface area contributed by atoms with E-state index in [0.717, 1.165) is 0 Å². The Bertz CT molecular complexity index is 818. The predicted molar refractivity (Wildman–Crippen MR) is 89.1 cm³/mol. The van der Waals surface area contributed by atoms with Crippen molar-refractivity contribution in [1.29, 1.82) is 0 Å². The zero-order chi connectivity index (χ0) is 18.1. The van der Waals surface area contributed by atoms with Crippen molar-refractivity contribution >= 4 is 11.9 Å². The smallest absolute Gasteiger partial charge is 0.308 e. The summed E-state index contributed by atoms with van der Waals surface area (Å²) in [7, 11) is 0. The number of carboxylic acid groups (broad SMARTS) is 1. The van der Waals surface area contributed by atoms with Gasteiger partial charge in [-0.2, -0.15) is 5.10 Å². The van der Waals surface area contributed by atoms with E-state index in [1.54, 1.807) is 30.0 Å². The molecule has 1 N–H and O–H groups in total. The van der Waals surface area contributed by atoms with Crippen molar-refractivity contribution in [2.24, 2.45) is 11.8 Å². The van der Waals surface area contributed by atoms with Gasteiger partial charge in [0.05, 0.1) is 23.4 Å². The quantitative estimate of drug-likeness (QED) is 0.927. The van der Waals surface area contributed by atoms with Crippen LogP contribution in [0.4, 0.5) is 4.39 Å². The molecule has 0 aliphatic carbocycles. The van der Waals surface area contributed by atoms with E-state index >= 15 is 0 Å². The SMILES string of the molecule is Cc1c(C(=O)N2CC(C)CC(C(=O)O)C2)cnn1-c1ccccc1F. The average Bonchev–Trinajstić information content (AvgIpc) is 2.95. The van der Waals surface area contributed by atoms with Crippen molar-refractivity contribution in [2.45, 2.75) is 20.3 Å². The topological polar surface area (TPSA) is 75.4 Å². The number of carbonyl (C=O) groups is 2. The molecule has 132 valence electrons. The van der Waals surface area contributed by atoms with Crippen LogP contribution >= 0.6 is 0 Å². The monoisotopic (exact) mass is 345 g/mol. The first-order valence-corrected chi connectivity index (χ1v) is 8.20. The van der Waals surface area contributed by atoms with E-state index in [2.05, 4.69) is 5.10 Å². The number of para-hydroxylation sites is 1. The van der Waals surface area contributed by atoms with Crippen LogP contribution in [0.25, 0.3) is 5.69 Å². The van der Waals surface area contributed by atoms with Crippen LogP contribution in [0, 0.1) is 24.6 Å². The minimum Gasteiger partial charge on any atom is -0.481 e. The van der Waals surface area contributed by atoms with Crippen LogP contribution in [0.5, 0.6) is 0 Å². The Labute approximate surface area is 144 Å². The normalized spacial score (nSPS) is 20.5. The minimum atomic E-state index is -0.886. The number of carboxylic acids is 1. The number of piperidine rings is 1. The van der Waals surface area contributed by atoms with Gasteiger partial charge < -0.3 is 10.0 Å². The maximum atomic E-state index is 14.0. The molecule has 1 saturated heterocycles. The standard InChI is InChI=1S/C18H20FN3O3/c1-11-7-13(18(24)25)10-21(9-11)17(23)14-8-20-22(12(14)2)16-6-4-3-5-15(16)19/h3-6,8,11,13H,7,9-10H2,1-2H3,(H,24,25). The summed E-state index contributed by atoms with van der Waals surface area (Å²) in [6.45, 7) is 4.33. The molecule has 2 aromatic rings. The summed E-state index contributed by atoms with van der Waals surface area (Å²) in [5.74, 6) is -2.03. The van der Waals surface area contributed by atoms with Crippen molar-refractivity contribution in [3.05, 3.63) is 47.5 Å². The molecular weight excluding hydrogens is 325 g/mol. The van der Waals surface area contributed by atoms with Gasteiger partial charge in [-0.05, 0) is 31.4 Å². The summed E-state index contributed by atoms with van der Waals surface area (Å²) in [4.78, 5) is 25.7. The Kier molecular flexibility index (Phi) is 4.57. The lowest BCUT2D eigenvalue weighted by Crippen LogP contribution is -2.45. The maximum Gasteiger partial charge on any atom is 0.308 e. The number of aliphatic carboxylic acids is 1. The zero-order valence-electron chi connectivity index (χ0n) is 14.1. The van der Waals surface area contributed by atoms with Crippen molar-refractivity contribution in [1.82, 2.24) is 14.7 Å². The van der Waals surface area contributed by atoms with Gasteiger partial charge in [-0.1, -0.05) is 19.1 Å². The molecule has 1 aromatic heterocycles. The van der Waals surface area contributed by atoms with Crippen LogP contribution in [0.1, 0.15) is 29.4 Å². The van der Waals surface area contributed by atoms with Gasteiger partial charge in [-0.25, -0.2) is 9.07 Å². The van der Waals surface area contributed by atoms with E-state index in [9.17, 15) is 19.1 Å². The van der Waals surface area contributed by atoms with E-state index < -0.39 is 17.7 Å². The van der Waals surface area contributed by atoms with Crippen LogP contribution in [-0.2, 0) is 4.79 Å². The minimum absolute atomic E-state index is 0.112. The molecule has 1 aliphatic rings. The maximum absolute atomic E-state index is 14.0. The number of hydrogen-bond acceptors (Lipinski definition) is 3. The number of amides is 1. The van der Waals surface area contributed by atoms with Gasteiger partial charge in [0.25, 0.3) is 5.91 Å². The second-order valence-corrected chi connectivity index (χ2v) is 6.59. The fourth-order valence-electron chi connectivity index (χ4n) is 3.35. The molecule has 1 amide bonds. The summed E-state index contributed by atoms with van der Waals surface area (Å²) in [5, 5.41) is 13.4. The first kappa shape index (κ1) is 17.1. The molecule has 3 rings (SSSR count). The number of aromatic nitrogens is 2. The first-order chi connectivity index (χ1) is 11.9. The van der Waals surface area contributed by atoms with Crippen molar-refractivity contribution in [3.63, 3.8) is 0 Å².